The minimum absolute atomic E-state index is 0.263. The Morgan fingerprint density at radius 1 is 0.222 bits per heavy atom. The standard InChI is InChI=1S/C13H24O3.C13H24O2.C11H20O3.C11H20O2.C9H16O3.C9H16O2/c1-12(2)13(14)16-11-9-7-5-4-6-8-10-15-3;1-4-5-6-7-8-9-10-11-15-13(14)12(2)3;1-10(2)11(12)14-9-7-5-4-6-8-13-3;1-4-5-6-7-8-9-13-11(12)10(2)3;1-8(2)9(10)12-7-5-4-6-11-3;1-4-5-6-7-11-9(10)8(2)3/h1,4-11H2,2-3H3;2,4-11H2,1,3H3;1,4-9H2,2-3H3;2,4-9H2,1,3H3;1,4-7H2,2-3H3;2,4-7H2,1,3H3. The second-order valence-corrected chi connectivity index (χ2v) is 20.0. The topological polar surface area (TPSA) is 185 Å². The van der Waals surface area contributed by atoms with Gasteiger partial charge in [-0.1, -0.05) is 169 Å². The Morgan fingerprint density at radius 2 is 0.346 bits per heavy atom. The molecule has 81 heavy (non-hydrogen) atoms. The molecule has 0 rings (SSSR count). The van der Waals surface area contributed by atoms with Crippen LogP contribution in [0.5, 0.6) is 0 Å². The second-order valence-electron chi connectivity index (χ2n) is 20.0. The third-order valence-electron chi connectivity index (χ3n) is 11.0. The number of hydrogen-bond acceptors (Lipinski definition) is 15. The fraction of sp³-hybridized carbons (Fsp3) is 0.727. The van der Waals surface area contributed by atoms with Gasteiger partial charge < -0.3 is 42.6 Å². The molecule has 0 aromatic heterocycles. The van der Waals surface area contributed by atoms with E-state index in [1.54, 1.807) is 62.9 Å². The molecule has 0 N–H and O–H groups in total. The van der Waals surface area contributed by atoms with E-state index < -0.39 is 0 Å². The highest BCUT2D eigenvalue weighted by molar-refractivity contribution is 5.88. The van der Waals surface area contributed by atoms with Crippen molar-refractivity contribution < 1.29 is 71.4 Å². The minimum atomic E-state index is -0.313. The van der Waals surface area contributed by atoms with E-state index >= 15 is 0 Å². The van der Waals surface area contributed by atoms with Crippen molar-refractivity contribution >= 4 is 35.8 Å². The molecule has 474 valence electrons. The maximum Gasteiger partial charge on any atom is 0.333 e. The molecule has 0 aromatic carbocycles. The Kier molecular flexibility index (Phi) is 76.9. The predicted octanol–water partition coefficient (Wildman–Crippen LogP) is 16.2. The van der Waals surface area contributed by atoms with Crippen LogP contribution in [0.2, 0.25) is 0 Å². The summed E-state index contributed by atoms with van der Waals surface area (Å²) in [6.07, 6.45) is 30.6. The molecule has 0 aromatic rings. The van der Waals surface area contributed by atoms with Gasteiger partial charge in [-0.25, -0.2) is 28.8 Å². The van der Waals surface area contributed by atoms with Crippen molar-refractivity contribution in [1.29, 1.82) is 0 Å². The van der Waals surface area contributed by atoms with Crippen LogP contribution in [0.25, 0.3) is 0 Å². The van der Waals surface area contributed by atoms with Gasteiger partial charge in [0.25, 0.3) is 0 Å². The number of esters is 6. The largest absolute Gasteiger partial charge is 0.462 e. The molecule has 0 radical (unpaired) electrons. The maximum atomic E-state index is 11.0. The first-order chi connectivity index (χ1) is 38.6. The third kappa shape index (κ3) is 81.7. The average Bonchev–Trinajstić information content (AvgIpc) is 3.43. The number of methoxy groups -OCH3 is 3. The van der Waals surface area contributed by atoms with Crippen LogP contribution in [0.1, 0.15) is 236 Å². The Bertz CT molecular complexity index is 1620. The number of rotatable bonds is 45. The van der Waals surface area contributed by atoms with Crippen LogP contribution in [0, 0.1) is 0 Å². The Hall–Kier alpha value is -4.86. The van der Waals surface area contributed by atoms with Gasteiger partial charge in [-0.15, -0.1) is 0 Å². The lowest BCUT2D eigenvalue weighted by atomic mass is 10.1. The SMILES string of the molecule is C=C(C)C(=O)OCCCCC.C=C(C)C(=O)OCCCCCCC.C=C(C)C(=O)OCCCCCCCCC.C=C(C)C(=O)OCCCCCCCCOC.C=C(C)C(=O)OCCCCCCOC.C=C(C)C(=O)OCCCCOC. The molecule has 0 unspecified atom stereocenters. The molecule has 0 atom stereocenters. The van der Waals surface area contributed by atoms with Crippen LogP contribution in [0.15, 0.2) is 72.9 Å². The summed E-state index contributed by atoms with van der Waals surface area (Å²) < 4.78 is 44.3. The summed E-state index contributed by atoms with van der Waals surface area (Å²) in [5, 5.41) is 0. The van der Waals surface area contributed by atoms with Gasteiger partial charge in [0.15, 0.2) is 0 Å². The van der Waals surface area contributed by atoms with E-state index in [9.17, 15) is 28.8 Å². The summed E-state index contributed by atoms with van der Waals surface area (Å²) in [5.41, 5.74) is 2.82. The lowest BCUT2D eigenvalue weighted by Crippen LogP contribution is -2.06. The zero-order valence-corrected chi connectivity index (χ0v) is 53.8. The smallest absolute Gasteiger partial charge is 0.333 e. The van der Waals surface area contributed by atoms with Crippen molar-refractivity contribution in [3.05, 3.63) is 72.9 Å². The van der Waals surface area contributed by atoms with E-state index in [1.165, 1.54) is 70.6 Å². The van der Waals surface area contributed by atoms with Crippen LogP contribution >= 0.6 is 0 Å². The van der Waals surface area contributed by atoms with Crippen LogP contribution < -0.4 is 0 Å². The van der Waals surface area contributed by atoms with Crippen LogP contribution in [-0.2, 0) is 71.4 Å². The Morgan fingerprint density at radius 3 is 0.519 bits per heavy atom. The summed E-state index contributed by atoms with van der Waals surface area (Å²) in [6, 6.07) is 0. The molecule has 0 fully saturated rings. The third-order valence-corrected chi connectivity index (χ3v) is 11.0. The molecule has 0 amide bonds. The number of hydrogen-bond donors (Lipinski definition) is 0. The molecule has 0 heterocycles. The van der Waals surface area contributed by atoms with Crippen molar-refractivity contribution in [2.45, 2.75) is 236 Å². The van der Waals surface area contributed by atoms with E-state index in [2.05, 4.69) is 60.2 Å². The molecular weight excluding hydrogens is 1030 g/mol. The van der Waals surface area contributed by atoms with Crippen LogP contribution in [-0.4, -0.2) is 117 Å². The minimum Gasteiger partial charge on any atom is -0.462 e. The maximum absolute atomic E-state index is 11.0. The van der Waals surface area contributed by atoms with Crippen molar-refractivity contribution in [3.8, 4) is 0 Å². The van der Waals surface area contributed by atoms with Crippen molar-refractivity contribution in [1.82, 2.24) is 0 Å². The monoisotopic (exact) mass is 1150 g/mol. The van der Waals surface area contributed by atoms with Crippen molar-refractivity contribution in [2.24, 2.45) is 0 Å². The fourth-order valence-electron chi connectivity index (χ4n) is 5.95. The van der Waals surface area contributed by atoms with Gasteiger partial charge in [-0.3, -0.25) is 0 Å². The normalized spacial score (nSPS) is 9.78. The molecular formula is C66H120O15. The summed E-state index contributed by atoms with van der Waals surface area (Å²) in [6.45, 7) is 42.9. The molecule has 15 heteroatoms. The number of unbranched alkanes of at least 4 members (excludes halogenated alkanes) is 21. The van der Waals surface area contributed by atoms with Crippen LogP contribution in [0.4, 0.5) is 0 Å². The zero-order chi connectivity index (χ0) is 62.7. The molecule has 15 nitrogen and oxygen atoms in total. The summed E-state index contributed by atoms with van der Waals surface area (Å²) in [5.74, 6) is -1.69. The highest BCUT2D eigenvalue weighted by atomic mass is 16.6. The molecule has 0 aliphatic carbocycles. The first-order valence-electron chi connectivity index (χ1n) is 30.0. The van der Waals surface area contributed by atoms with Gasteiger partial charge in [0.2, 0.25) is 0 Å². The lowest BCUT2D eigenvalue weighted by Gasteiger charge is -2.04. The van der Waals surface area contributed by atoms with E-state index in [4.69, 9.17) is 42.6 Å². The lowest BCUT2D eigenvalue weighted by molar-refractivity contribution is -0.140. The van der Waals surface area contributed by atoms with Gasteiger partial charge in [0, 0.05) is 74.6 Å². The number of carbonyl (C=O) groups is 6. The van der Waals surface area contributed by atoms with Gasteiger partial charge in [-0.05, 0) is 106 Å². The van der Waals surface area contributed by atoms with Crippen molar-refractivity contribution in [3.63, 3.8) is 0 Å². The van der Waals surface area contributed by atoms with Crippen LogP contribution in [0.3, 0.4) is 0 Å². The summed E-state index contributed by atoms with van der Waals surface area (Å²) in [7, 11) is 5.09. The number of ether oxygens (including phenoxy) is 9. The Labute approximate surface area is 494 Å². The van der Waals surface area contributed by atoms with E-state index in [0.717, 1.165) is 116 Å². The summed E-state index contributed by atoms with van der Waals surface area (Å²) >= 11 is 0. The van der Waals surface area contributed by atoms with E-state index in [1.807, 2.05) is 0 Å². The van der Waals surface area contributed by atoms with Gasteiger partial charge in [0.05, 0.1) is 39.6 Å². The molecule has 0 saturated heterocycles. The molecule has 0 bridgehead atoms. The van der Waals surface area contributed by atoms with E-state index in [-0.39, 0.29) is 35.8 Å². The Balaban J connectivity index is -0.000000209. The van der Waals surface area contributed by atoms with Crippen molar-refractivity contribution in [2.75, 3.05) is 80.8 Å². The first kappa shape index (κ1) is 87.4. The van der Waals surface area contributed by atoms with Gasteiger partial charge in [-0.2, -0.15) is 0 Å². The fourth-order valence-corrected chi connectivity index (χ4v) is 5.95. The van der Waals surface area contributed by atoms with E-state index in [0.29, 0.717) is 79.7 Å². The average molecular weight is 1150 g/mol. The summed E-state index contributed by atoms with van der Waals surface area (Å²) in [4.78, 5) is 65.5. The highest BCUT2D eigenvalue weighted by Gasteiger charge is 2.06. The second kappa shape index (κ2) is 71.2. The molecule has 0 aliphatic heterocycles. The molecule has 0 aliphatic rings. The molecule has 0 spiro atoms. The number of carbonyl (C=O) groups excluding carboxylic acids is 6. The predicted molar refractivity (Wildman–Crippen MR) is 332 cm³/mol. The van der Waals surface area contributed by atoms with Gasteiger partial charge >= 0.3 is 35.8 Å². The quantitative estimate of drug-likeness (QED) is 0.0242. The zero-order valence-electron chi connectivity index (χ0n) is 53.8. The molecule has 0 saturated carbocycles. The first-order valence-corrected chi connectivity index (χ1v) is 30.0. The highest BCUT2D eigenvalue weighted by Crippen LogP contribution is 2.09. The van der Waals surface area contributed by atoms with Gasteiger partial charge in [0.1, 0.15) is 0 Å².